The van der Waals surface area contributed by atoms with Gasteiger partial charge in [0, 0.05) is 24.5 Å². The van der Waals surface area contributed by atoms with E-state index in [1.165, 1.54) is 44.3 Å². The number of hydrogen-bond acceptors (Lipinski definition) is 3. The van der Waals surface area contributed by atoms with Crippen molar-refractivity contribution in [1.82, 2.24) is 10.2 Å². The lowest BCUT2D eigenvalue weighted by molar-refractivity contribution is -0.120. The van der Waals surface area contributed by atoms with Gasteiger partial charge >= 0.3 is 6.03 Å². The number of hydrogen-bond donors (Lipinski definition) is 2. The number of benzene rings is 2. The number of fused-ring (bicyclic) bond motifs is 1. The van der Waals surface area contributed by atoms with Gasteiger partial charge in [0.05, 0.1) is 6.42 Å². The molecule has 0 aromatic heterocycles. The average Bonchev–Trinajstić information content (AvgIpc) is 3.24. The normalized spacial score (nSPS) is 16.8. The molecule has 2 heterocycles. The van der Waals surface area contributed by atoms with Crippen molar-refractivity contribution in [2.24, 2.45) is 0 Å². The van der Waals surface area contributed by atoms with Crippen molar-refractivity contribution in [3.05, 3.63) is 59.7 Å². The molecular weight excluding hydrogens is 424 g/mol. The van der Waals surface area contributed by atoms with Crippen LogP contribution in [0.1, 0.15) is 56.1 Å². The van der Waals surface area contributed by atoms with Crippen LogP contribution in [0.25, 0.3) is 0 Å². The van der Waals surface area contributed by atoms with Gasteiger partial charge in [0.25, 0.3) is 0 Å². The fourth-order valence-electron chi connectivity index (χ4n) is 4.94. The second-order valence-electron chi connectivity index (χ2n) is 9.50. The molecule has 0 radical (unpaired) electrons. The van der Waals surface area contributed by atoms with Crippen molar-refractivity contribution >= 4 is 23.3 Å². The maximum atomic E-state index is 13.0. The van der Waals surface area contributed by atoms with Crippen LogP contribution in [0.15, 0.2) is 48.5 Å². The summed E-state index contributed by atoms with van der Waals surface area (Å²) >= 11 is 0. The molecule has 1 saturated heterocycles. The van der Waals surface area contributed by atoms with Crippen molar-refractivity contribution in [3.63, 3.8) is 0 Å². The summed E-state index contributed by atoms with van der Waals surface area (Å²) in [6.07, 6.45) is 9.75. The van der Waals surface area contributed by atoms with Gasteiger partial charge in [0.1, 0.15) is 0 Å². The summed E-state index contributed by atoms with van der Waals surface area (Å²) in [7, 11) is 0. The molecule has 2 N–H and O–H groups in total. The van der Waals surface area contributed by atoms with Crippen LogP contribution in [0.4, 0.5) is 16.2 Å². The zero-order chi connectivity index (χ0) is 23.6. The quantitative estimate of drug-likeness (QED) is 0.570. The molecule has 34 heavy (non-hydrogen) atoms. The first-order valence-corrected chi connectivity index (χ1v) is 12.9. The van der Waals surface area contributed by atoms with E-state index in [2.05, 4.69) is 21.6 Å². The van der Waals surface area contributed by atoms with Gasteiger partial charge in [-0.05, 0) is 87.5 Å². The Balaban J connectivity index is 1.21. The molecule has 1 fully saturated rings. The number of carbonyl (C=O) groups excluding carboxylic acids is 2. The average molecular weight is 463 g/mol. The maximum absolute atomic E-state index is 13.0. The monoisotopic (exact) mass is 462 g/mol. The highest BCUT2D eigenvalue weighted by Crippen LogP contribution is 2.26. The fourth-order valence-corrected chi connectivity index (χ4v) is 4.94. The maximum Gasteiger partial charge on any atom is 0.326 e. The lowest BCUT2D eigenvalue weighted by atomic mass is 10.1. The highest BCUT2D eigenvalue weighted by atomic mass is 16.2. The topological polar surface area (TPSA) is 64.7 Å². The molecule has 2 aliphatic heterocycles. The highest BCUT2D eigenvalue weighted by molar-refractivity contribution is 6.02. The van der Waals surface area contributed by atoms with Gasteiger partial charge < -0.3 is 15.5 Å². The third-order valence-electron chi connectivity index (χ3n) is 6.85. The predicted molar refractivity (Wildman–Crippen MR) is 138 cm³/mol. The Bertz CT molecular complexity index is 936. The summed E-state index contributed by atoms with van der Waals surface area (Å²) in [5, 5.41) is 6.07. The predicted octanol–water partition coefficient (Wildman–Crippen LogP) is 4.99. The SMILES string of the molecule is O=C(Cc1ccc(NC(=O)N2CCCCc3ccccc32)cc1)NCCCN1CCCCCC1. The number of amides is 3. The van der Waals surface area contributed by atoms with Gasteiger partial charge in [-0.25, -0.2) is 4.79 Å². The van der Waals surface area contributed by atoms with Gasteiger partial charge in [-0.1, -0.05) is 43.2 Å². The first kappa shape index (κ1) is 24.3. The van der Waals surface area contributed by atoms with E-state index in [1.54, 1.807) is 0 Å². The van der Waals surface area contributed by atoms with Gasteiger partial charge in [-0.3, -0.25) is 9.69 Å². The van der Waals surface area contributed by atoms with Crippen molar-refractivity contribution in [2.75, 3.05) is 42.9 Å². The zero-order valence-electron chi connectivity index (χ0n) is 20.2. The first-order valence-electron chi connectivity index (χ1n) is 12.9. The largest absolute Gasteiger partial charge is 0.356 e. The standard InChI is InChI=1S/C28H38N4O2/c33-27(29-17-9-20-31-18-6-1-2-7-19-31)22-23-13-15-25(16-14-23)30-28(34)32-21-8-5-11-24-10-3-4-12-26(24)32/h3-4,10,12-16H,1-2,5-9,11,17-22H2,(H,29,33)(H,30,34). The molecule has 6 nitrogen and oxygen atoms in total. The number of rotatable bonds is 7. The Labute approximate surface area is 203 Å². The van der Waals surface area contributed by atoms with E-state index < -0.39 is 0 Å². The number of para-hydroxylation sites is 1. The summed E-state index contributed by atoms with van der Waals surface area (Å²) in [5.74, 6) is 0.0498. The van der Waals surface area contributed by atoms with Crippen LogP contribution in [-0.2, 0) is 17.6 Å². The molecule has 0 saturated carbocycles. The van der Waals surface area contributed by atoms with Crippen LogP contribution in [0, 0.1) is 0 Å². The van der Waals surface area contributed by atoms with Gasteiger partial charge in [-0.2, -0.15) is 0 Å². The Morgan fingerprint density at radius 3 is 2.35 bits per heavy atom. The van der Waals surface area contributed by atoms with E-state index in [0.29, 0.717) is 6.42 Å². The zero-order valence-corrected chi connectivity index (χ0v) is 20.2. The lowest BCUT2D eigenvalue weighted by Gasteiger charge is -2.23. The first-order chi connectivity index (χ1) is 16.7. The number of aryl methyl sites for hydroxylation is 1. The van der Waals surface area contributed by atoms with Crippen LogP contribution in [0.5, 0.6) is 0 Å². The summed E-state index contributed by atoms with van der Waals surface area (Å²) in [5.41, 5.74) is 3.92. The van der Waals surface area contributed by atoms with E-state index in [0.717, 1.165) is 62.3 Å². The molecule has 6 heteroatoms. The molecule has 0 aliphatic carbocycles. The van der Waals surface area contributed by atoms with Crippen molar-refractivity contribution in [1.29, 1.82) is 0 Å². The second kappa shape index (κ2) is 12.6. The lowest BCUT2D eigenvalue weighted by Crippen LogP contribution is -2.35. The third kappa shape index (κ3) is 7.07. The summed E-state index contributed by atoms with van der Waals surface area (Å²) < 4.78 is 0. The minimum absolute atomic E-state index is 0.0498. The molecule has 2 aromatic carbocycles. The van der Waals surface area contributed by atoms with E-state index in [9.17, 15) is 9.59 Å². The Morgan fingerprint density at radius 1 is 0.824 bits per heavy atom. The molecule has 0 bridgehead atoms. The van der Waals surface area contributed by atoms with Gasteiger partial charge in [-0.15, -0.1) is 0 Å². The molecule has 182 valence electrons. The molecule has 3 amide bonds. The van der Waals surface area contributed by atoms with Crippen LogP contribution >= 0.6 is 0 Å². The molecule has 2 aromatic rings. The van der Waals surface area contributed by atoms with Crippen LogP contribution in [0.3, 0.4) is 0 Å². The van der Waals surface area contributed by atoms with Gasteiger partial charge in [0.2, 0.25) is 5.91 Å². The van der Waals surface area contributed by atoms with Gasteiger partial charge in [0.15, 0.2) is 0 Å². The highest BCUT2D eigenvalue weighted by Gasteiger charge is 2.21. The molecule has 0 unspecified atom stereocenters. The molecule has 0 atom stereocenters. The Morgan fingerprint density at radius 2 is 1.56 bits per heavy atom. The number of carbonyl (C=O) groups is 2. The van der Waals surface area contributed by atoms with E-state index in [1.807, 2.05) is 47.4 Å². The summed E-state index contributed by atoms with van der Waals surface area (Å²) in [6.45, 7) is 4.90. The van der Waals surface area contributed by atoms with Crippen molar-refractivity contribution < 1.29 is 9.59 Å². The summed E-state index contributed by atoms with van der Waals surface area (Å²) in [6, 6.07) is 15.6. The molecular formula is C28H38N4O2. The number of likely N-dealkylation sites (tertiary alicyclic amines) is 1. The molecule has 2 aliphatic rings. The molecule has 4 rings (SSSR count). The van der Waals surface area contributed by atoms with Crippen LogP contribution < -0.4 is 15.5 Å². The number of urea groups is 1. The number of anilines is 2. The van der Waals surface area contributed by atoms with E-state index in [-0.39, 0.29) is 11.9 Å². The summed E-state index contributed by atoms with van der Waals surface area (Å²) in [4.78, 5) is 29.7. The third-order valence-corrected chi connectivity index (χ3v) is 6.85. The van der Waals surface area contributed by atoms with Crippen LogP contribution in [0.2, 0.25) is 0 Å². The van der Waals surface area contributed by atoms with E-state index in [4.69, 9.17) is 0 Å². The fraction of sp³-hybridized carbons (Fsp3) is 0.500. The molecule has 0 spiro atoms. The van der Waals surface area contributed by atoms with Crippen LogP contribution in [-0.4, -0.2) is 49.6 Å². The number of nitrogens with one attached hydrogen (secondary N) is 2. The number of nitrogens with zero attached hydrogens (tertiary/aromatic N) is 2. The minimum Gasteiger partial charge on any atom is -0.356 e. The smallest absolute Gasteiger partial charge is 0.326 e. The second-order valence-corrected chi connectivity index (χ2v) is 9.50. The Kier molecular flexibility index (Phi) is 8.97. The van der Waals surface area contributed by atoms with Crippen molar-refractivity contribution in [3.8, 4) is 0 Å². The minimum atomic E-state index is -0.107. The van der Waals surface area contributed by atoms with E-state index >= 15 is 0 Å². The Hall–Kier alpha value is -2.86. The van der Waals surface area contributed by atoms with Crippen molar-refractivity contribution in [2.45, 2.75) is 57.8 Å².